The van der Waals surface area contributed by atoms with E-state index >= 15 is 0 Å². The van der Waals surface area contributed by atoms with Crippen LogP contribution in [-0.4, -0.2) is 67.2 Å². The zero-order valence-corrected chi connectivity index (χ0v) is 32.6. The summed E-state index contributed by atoms with van der Waals surface area (Å²) in [4.78, 5) is 36.6. The van der Waals surface area contributed by atoms with Crippen LogP contribution in [0.4, 0.5) is 4.79 Å². The highest BCUT2D eigenvalue weighted by molar-refractivity contribution is 5.89. The van der Waals surface area contributed by atoms with Crippen molar-refractivity contribution in [3.8, 4) is 0 Å². The fourth-order valence-electron chi connectivity index (χ4n) is 5.79. The number of hydrogen-bond donors (Lipinski definition) is 3. The molecule has 0 saturated heterocycles. The average Bonchev–Trinajstić information content (AvgIpc) is 3.03. The summed E-state index contributed by atoms with van der Waals surface area (Å²) in [7, 11) is 0. The standard InChI is InChI=1S/C40H78N2O7/c1-6-8-10-12-14-16-18-20-22-24-26-28-30-47-34-35(48-31-29-27-25-23-21-19-17-15-13-11-9-7-2)33-41-38(45)36(32-37(43)44)42-39(46)49-40(3,4)5/h35-36H,6-34H2,1-5H3,(H,41,45)(H,42,46)(H,43,44). The maximum Gasteiger partial charge on any atom is 0.408 e. The molecule has 0 bridgehead atoms. The molecule has 0 aromatic carbocycles. The predicted octanol–water partition coefficient (Wildman–Crippen LogP) is 10.3. The second kappa shape index (κ2) is 33.3. The lowest BCUT2D eigenvalue weighted by Crippen LogP contribution is -2.50. The van der Waals surface area contributed by atoms with Gasteiger partial charge < -0.3 is 30.0 Å². The minimum atomic E-state index is -1.26. The Hall–Kier alpha value is -1.87. The van der Waals surface area contributed by atoms with E-state index in [4.69, 9.17) is 14.2 Å². The molecule has 2 amide bonds. The van der Waals surface area contributed by atoms with Crippen LogP contribution in [0.2, 0.25) is 0 Å². The molecular weight excluding hydrogens is 620 g/mol. The van der Waals surface area contributed by atoms with Gasteiger partial charge in [-0.3, -0.25) is 9.59 Å². The van der Waals surface area contributed by atoms with Crippen molar-refractivity contribution < 1.29 is 33.7 Å². The molecule has 0 aromatic heterocycles. The van der Waals surface area contributed by atoms with Gasteiger partial charge in [-0.1, -0.05) is 155 Å². The Labute approximate surface area is 301 Å². The van der Waals surface area contributed by atoms with Crippen LogP contribution in [0.5, 0.6) is 0 Å². The van der Waals surface area contributed by atoms with Crippen molar-refractivity contribution in [3.05, 3.63) is 0 Å². The zero-order chi connectivity index (χ0) is 36.4. The third-order valence-corrected chi connectivity index (χ3v) is 8.69. The van der Waals surface area contributed by atoms with Crippen LogP contribution in [0.1, 0.15) is 195 Å². The van der Waals surface area contributed by atoms with Gasteiger partial charge in [0, 0.05) is 19.8 Å². The lowest BCUT2D eigenvalue weighted by atomic mass is 10.1. The molecular formula is C40H78N2O7. The number of aliphatic carboxylic acids is 1. The first-order valence-electron chi connectivity index (χ1n) is 20.3. The van der Waals surface area contributed by atoms with E-state index in [1.54, 1.807) is 20.8 Å². The Morgan fingerprint density at radius 2 is 1.02 bits per heavy atom. The molecule has 2 unspecified atom stereocenters. The van der Waals surface area contributed by atoms with Crippen LogP contribution in [0.15, 0.2) is 0 Å². The summed E-state index contributed by atoms with van der Waals surface area (Å²) in [5, 5.41) is 14.5. The van der Waals surface area contributed by atoms with E-state index < -0.39 is 36.0 Å². The molecule has 0 aliphatic rings. The summed E-state index contributed by atoms with van der Waals surface area (Å²) in [6.07, 6.45) is 29.0. The van der Waals surface area contributed by atoms with Gasteiger partial charge in [-0.05, 0) is 33.6 Å². The quantitative estimate of drug-likeness (QED) is 0.0563. The highest BCUT2D eigenvalue weighted by Crippen LogP contribution is 2.14. The van der Waals surface area contributed by atoms with Gasteiger partial charge in [-0.2, -0.15) is 0 Å². The summed E-state index contributed by atoms with van der Waals surface area (Å²) in [6, 6.07) is -1.26. The number of nitrogens with one attached hydrogen (secondary N) is 2. The Bertz CT molecular complexity index is 787. The maximum atomic E-state index is 12.9. The van der Waals surface area contributed by atoms with Gasteiger partial charge in [0.15, 0.2) is 0 Å². The predicted molar refractivity (Wildman–Crippen MR) is 201 cm³/mol. The monoisotopic (exact) mass is 699 g/mol. The van der Waals surface area contributed by atoms with Gasteiger partial charge >= 0.3 is 12.1 Å². The minimum absolute atomic E-state index is 0.168. The molecule has 290 valence electrons. The summed E-state index contributed by atoms with van der Waals surface area (Å²) in [5.74, 6) is -1.78. The molecule has 0 fully saturated rings. The summed E-state index contributed by atoms with van der Waals surface area (Å²) in [6.45, 7) is 11.4. The number of alkyl carbamates (subject to hydrolysis) is 1. The normalized spacial score (nSPS) is 12.8. The van der Waals surface area contributed by atoms with Crippen LogP contribution in [0, 0.1) is 0 Å². The molecule has 3 N–H and O–H groups in total. The summed E-state index contributed by atoms with van der Waals surface area (Å²) < 4.78 is 17.3. The Morgan fingerprint density at radius 1 is 0.612 bits per heavy atom. The third kappa shape index (κ3) is 34.4. The molecule has 9 nitrogen and oxygen atoms in total. The summed E-state index contributed by atoms with van der Waals surface area (Å²) >= 11 is 0. The number of carboxylic acids is 1. The van der Waals surface area contributed by atoms with Crippen molar-refractivity contribution in [1.82, 2.24) is 10.6 Å². The number of amides is 2. The first-order valence-corrected chi connectivity index (χ1v) is 20.3. The number of hydrogen-bond acceptors (Lipinski definition) is 6. The number of carbonyl (C=O) groups is 3. The van der Waals surface area contributed by atoms with Crippen molar-refractivity contribution in [2.45, 2.75) is 213 Å². The van der Waals surface area contributed by atoms with Gasteiger partial charge in [0.25, 0.3) is 0 Å². The number of rotatable bonds is 35. The van der Waals surface area contributed by atoms with Gasteiger partial charge in [-0.15, -0.1) is 0 Å². The molecule has 2 atom stereocenters. The first kappa shape index (κ1) is 47.1. The highest BCUT2D eigenvalue weighted by Gasteiger charge is 2.27. The van der Waals surface area contributed by atoms with E-state index in [9.17, 15) is 19.5 Å². The highest BCUT2D eigenvalue weighted by atomic mass is 16.6. The van der Waals surface area contributed by atoms with E-state index in [0.29, 0.717) is 19.8 Å². The smallest absolute Gasteiger partial charge is 0.408 e. The number of carboxylic acid groups (broad SMARTS) is 1. The molecule has 0 aliphatic carbocycles. The van der Waals surface area contributed by atoms with Crippen LogP contribution in [0.25, 0.3) is 0 Å². The van der Waals surface area contributed by atoms with Crippen molar-refractivity contribution in [1.29, 1.82) is 0 Å². The van der Waals surface area contributed by atoms with E-state index in [1.165, 1.54) is 128 Å². The topological polar surface area (TPSA) is 123 Å². The molecule has 49 heavy (non-hydrogen) atoms. The second-order valence-corrected chi connectivity index (χ2v) is 14.9. The van der Waals surface area contributed by atoms with Gasteiger partial charge in [0.05, 0.1) is 19.1 Å². The van der Waals surface area contributed by atoms with Gasteiger partial charge in [-0.25, -0.2) is 4.79 Å². The van der Waals surface area contributed by atoms with Crippen molar-refractivity contribution >= 4 is 18.0 Å². The molecule has 0 saturated carbocycles. The van der Waals surface area contributed by atoms with E-state index in [1.807, 2.05) is 0 Å². The fraction of sp³-hybridized carbons (Fsp3) is 0.925. The van der Waals surface area contributed by atoms with Crippen molar-refractivity contribution in [3.63, 3.8) is 0 Å². The van der Waals surface area contributed by atoms with E-state index in [2.05, 4.69) is 24.5 Å². The lowest BCUT2D eigenvalue weighted by Gasteiger charge is -2.24. The number of carbonyl (C=O) groups excluding carboxylic acids is 2. The summed E-state index contributed by atoms with van der Waals surface area (Å²) in [5.41, 5.74) is -0.772. The van der Waals surface area contributed by atoms with Gasteiger partial charge in [0.1, 0.15) is 11.6 Å². The van der Waals surface area contributed by atoms with Crippen molar-refractivity contribution in [2.75, 3.05) is 26.4 Å². The molecule has 0 spiro atoms. The van der Waals surface area contributed by atoms with E-state index in [-0.39, 0.29) is 12.6 Å². The second-order valence-electron chi connectivity index (χ2n) is 14.9. The Morgan fingerprint density at radius 3 is 1.43 bits per heavy atom. The van der Waals surface area contributed by atoms with Crippen molar-refractivity contribution in [2.24, 2.45) is 0 Å². The van der Waals surface area contributed by atoms with Gasteiger partial charge in [0.2, 0.25) is 5.91 Å². The van der Waals surface area contributed by atoms with Crippen LogP contribution in [0.3, 0.4) is 0 Å². The number of unbranched alkanes of at least 4 members (excludes halogenated alkanes) is 22. The molecule has 9 heteroatoms. The fourth-order valence-corrected chi connectivity index (χ4v) is 5.79. The molecule has 0 heterocycles. The molecule has 0 aliphatic heterocycles. The SMILES string of the molecule is CCCCCCCCCCCCCCOCC(CNC(=O)C(CC(=O)O)NC(=O)OC(C)(C)C)OCCCCCCCCCCCCCC. The Balaban J connectivity index is 4.54. The third-order valence-electron chi connectivity index (χ3n) is 8.69. The van der Waals surface area contributed by atoms with Crippen LogP contribution >= 0.6 is 0 Å². The first-order chi connectivity index (χ1) is 23.6. The molecule has 0 radical (unpaired) electrons. The Kier molecular flexibility index (Phi) is 32.0. The van der Waals surface area contributed by atoms with Crippen LogP contribution < -0.4 is 10.6 Å². The average molecular weight is 699 g/mol. The maximum absolute atomic E-state index is 12.9. The molecule has 0 aromatic rings. The minimum Gasteiger partial charge on any atom is -0.481 e. The molecule has 0 rings (SSSR count). The largest absolute Gasteiger partial charge is 0.481 e. The lowest BCUT2D eigenvalue weighted by molar-refractivity contribution is -0.140. The van der Waals surface area contributed by atoms with E-state index in [0.717, 1.165) is 25.7 Å². The van der Waals surface area contributed by atoms with Crippen LogP contribution in [-0.2, 0) is 23.8 Å². The number of ether oxygens (including phenoxy) is 3. The zero-order valence-electron chi connectivity index (χ0n) is 32.6.